The number of hydrogen-bond donors (Lipinski definition) is 1. The first-order valence-electron chi connectivity index (χ1n) is 10.1. The summed E-state index contributed by atoms with van der Waals surface area (Å²) in [6.07, 6.45) is 3.24. The molecule has 0 saturated carbocycles. The number of likely N-dealkylation sites (tertiary alicyclic amines) is 1. The molecule has 0 spiro atoms. The third-order valence-corrected chi connectivity index (χ3v) is 5.35. The number of rotatable bonds is 5. The summed E-state index contributed by atoms with van der Waals surface area (Å²) >= 11 is 0. The second-order valence-corrected chi connectivity index (χ2v) is 7.51. The van der Waals surface area contributed by atoms with Gasteiger partial charge in [0.2, 0.25) is 5.91 Å². The minimum atomic E-state index is -0.526. The highest BCUT2D eigenvalue weighted by molar-refractivity contribution is 5.97. The lowest BCUT2D eigenvalue weighted by atomic mass is 10.1. The monoisotopic (exact) mass is 391 g/mol. The number of aromatic nitrogens is 3. The van der Waals surface area contributed by atoms with Crippen molar-refractivity contribution in [1.82, 2.24) is 25.2 Å². The van der Waals surface area contributed by atoms with Crippen LogP contribution in [0.15, 0.2) is 48.5 Å². The lowest BCUT2D eigenvalue weighted by Crippen LogP contribution is -2.48. The minimum absolute atomic E-state index is 0.00673. The fraction of sp³-hybridized carbons (Fsp3) is 0.364. The second-order valence-electron chi connectivity index (χ2n) is 7.51. The minimum Gasteiger partial charge on any atom is -0.341 e. The van der Waals surface area contributed by atoms with Crippen LogP contribution in [-0.2, 0) is 11.3 Å². The summed E-state index contributed by atoms with van der Waals surface area (Å²) in [5.41, 5.74) is 3.39. The molecule has 3 aromatic rings. The largest absolute Gasteiger partial charge is 0.341 e. The lowest BCUT2D eigenvalue weighted by molar-refractivity contribution is -0.133. The third-order valence-electron chi connectivity index (χ3n) is 5.35. The van der Waals surface area contributed by atoms with Crippen LogP contribution in [0.25, 0.3) is 11.0 Å². The van der Waals surface area contributed by atoms with E-state index >= 15 is 0 Å². The van der Waals surface area contributed by atoms with Crippen molar-refractivity contribution < 1.29 is 9.59 Å². The molecule has 150 valence electrons. The summed E-state index contributed by atoms with van der Waals surface area (Å²) in [5, 5.41) is 11.2. The van der Waals surface area contributed by atoms with E-state index in [4.69, 9.17) is 0 Å². The van der Waals surface area contributed by atoms with Crippen LogP contribution in [0.4, 0.5) is 0 Å². The molecule has 1 saturated heterocycles. The first kappa shape index (κ1) is 19.1. The van der Waals surface area contributed by atoms with Gasteiger partial charge in [0.1, 0.15) is 11.6 Å². The van der Waals surface area contributed by atoms with Crippen molar-refractivity contribution in [3.05, 3.63) is 59.7 Å². The van der Waals surface area contributed by atoms with Crippen LogP contribution in [0.2, 0.25) is 0 Å². The molecule has 1 atom stereocenters. The summed E-state index contributed by atoms with van der Waals surface area (Å²) < 4.78 is 1.84. The number of piperidine rings is 1. The van der Waals surface area contributed by atoms with Gasteiger partial charge in [-0.25, -0.2) is 4.68 Å². The molecule has 7 heteroatoms. The van der Waals surface area contributed by atoms with Crippen molar-refractivity contribution >= 4 is 22.8 Å². The van der Waals surface area contributed by atoms with Crippen LogP contribution < -0.4 is 5.32 Å². The molecule has 1 aromatic heterocycles. The summed E-state index contributed by atoms with van der Waals surface area (Å²) in [6.45, 7) is 3.89. The van der Waals surface area contributed by atoms with Gasteiger partial charge in [0, 0.05) is 18.7 Å². The highest BCUT2D eigenvalue weighted by Gasteiger charge is 2.23. The van der Waals surface area contributed by atoms with E-state index in [1.54, 1.807) is 19.1 Å². The van der Waals surface area contributed by atoms with Crippen LogP contribution in [0.3, 0.4) is 0 Å². The Balaban J connectivity index is 1.38. The van der Waals surface area contributed by atoms with E-state index in [2.05, 4.69) is 15.6 Å². The highest BCUT2D eigenvalue weighted by atomic mass is 16.2. The zero-order valence-corrected chi connectivity index (χ0v) is 16.5. The molecule has 2 amide bonds. The Kier molecular flexibility index (Phi) is 5.55. The maximum absolute atomic E-state index is 12.5. The molecule has 0 bridgehead atoms. The van der Waals surface area contributed by atoms with Gasteiger partial charge in [-0.15, -0.1) is 5.10 Å². The molecule has 1 fully saturated rings. The molecule has 1 unspecified atom stereocenters. The number of carbonyl (C=O) groups excluding carboxylic acids is 2. The smallest absolute Gasteiger partial charge is 0.251 e. The average Bonchev–Trinajstić information content (AvgIpc) is 3.17. The molecule has 0 radical (unpaired) electrons. The van der Waals surface area contributed by atoms with Gasteiger partial charge in [-0.2, -0.15) is 0 Å². The van der Waals surface area contributed by atoms with Crippen LogP contribution >= 0.6 is 0 Å². The SMILES string of the molecule is CC(NC(=O)c1ccc(Cn2nnc3ccccc32)cc1)C(=O)N1CCCCC1. The summed E-state index contributed by atoms with van der Waals surface area (Å²) in [5.74, 6) is -0.242. The maximum atomic E-state index is 12.5. The summed E-state index contributed by atoms with van der Waals surface area (Å²) in [4.78, 5) is 26.9. The van der Waals surface area contributed by atoms with Crippen molar-refractivity contribution in [3.63, 3.8) is 0 Å². The van der Waals surface area contributed by atoms with Gasteiger partial charge in [-0.3, -0.25) is 9.59 Å². The van der Waals surface area contributed by atoms with E-state index in [0.29, 0.717) is 12.1 Å². The number of para-hydroxylation sites is 1. The lowest BCUT2D eigenvalue weighted by Gasteiger charge is -2.29. The Morgan fingerprint density at radius 3 is 2.52 bits per heavy atom. The van der Waals surface area contributed by atoms with Crippen LogP contribution in [0.5, 0.6) is 0 Å². The van der Waals surface area contributed by atoms with Crippen molar-refractivity contribution in [3.8, 4) is 0 Å². The van der Waals surface area contributed by atoms with E-state index in [9.17, 15) is 9.59 Å². The van der Waals surface area contributed by atoms with Gasteiger partial charge in [-0.1, -0.05) is 29.5 Å². The van der Waals surface area contributed by atoms with Crippen LogP contribution in [0.1, 0.15) is 42.1 Å². The number of nitrogens with zero attached hydrogens (tertiary/aromatic N) is 4. The quantitative estimate of drug-likeness (QED) is 0.725. The zero-order chi connectivity index (χ0) is 20.2. The van der Waals surface area contributed by atoms with E-state index in [1.807, 2.05) is 46.0 Å². The second kappa shape index (κ2) is 8.43. The molecule has 7 nitrogen and oxygen atoms in total. The Hall–Kier alpha value is -3.22. The van der Waals surface area contributed by atoms with Gasteiger partial charge in [0.05, 0.1) is 12.1 Å². The van der Waals surface area contributed by atoms with Crippen molar-refractivity contribution in [2.24, 2.45) is 0 Å². The Labute approximate surface area is 169 Å². The van der Waals surface area contributed by atoms with E-state index in [1.165, 1.54) is 6.42 Å². The fourth-order valence-corrected chi connectivity index (χ4v) is 3.70. The van der Waals surface area contributed by atoms with Gasteiger partial charge < -0.3 is 10.2 Å². The predicted molar refractivity (Wildman–Crippen MR) is 110 cm³/mol. The van der Waals surface area contributed by atoms with E-state index < -0.39 is 6.04 Å². The normalized spacial score (nSPS) is 15.3. The Bertz CT molecular complexity index is 1010. The van der Waals surface area contributed by atoms with Gasteiger partial charge in [0.25, 0.3) is 5.91 Å². The molecule has 0 aliphatic carbocycles. The summed E-state index contributed by atoms with van der Waals surface area (Å²) in [7, 11) is 0. The number of hydrogen-bond acceptors (Lipinski definition) is 4. The number of amides is 2. The third kappa shape index (κ3) is 4.29. The van der Waals surface area contributed by atoms with Gasteiger partial charge >= 0.3 is 0 Å². The standard InChI is InChI=1S/C22H25N5O2/c1-16(22(29)26-13-5-2-6-14-26)23-21(28)18-11-9-17(10-12-18)15-27-20-8-4-3-7-19(20)24-25-27/h3-4,7-12,16H,2,5-6,13-15H2,1H3,(H,23,28). The first-order valence-corrected chi connectivity index (χ1v) is 10.1. The van der Waals surface area contributed by atoms with Crippen molar-refractivity contribution in [2.45, 2.75) is 38.8 Å². The van der Waals surface area contributed by atoms with Crippen molar-refractivity contribution in [1.29, 1.82) is 0 Å². The number of fused-ring (bicyclic) bond motifs is 1. The molecule has 1 aliphatic rings. The zero-order valence-electron chi connectivity index (χ0n) is 16.5. The molecule has 4 rings (SSSR count). The average molecular weight is 391 g/mol. The highest BCUT2D eigenvalue weighted by Crippen LogP contribution is 2.14. The number of carbonyl (C=O) groups is 2. The molecular formula is C22H25N5O2. The fourth-order valence-electron chi connectivity index (χ4n) is 3.70. The molecular weight excluding hydrogens is 366 g/mol. The molecule has 2 heterocycles. The Morgan fingerprint density at radius 2 is 1.76 bits per heavy atom. The predicted octanol–water partition coefficient (Wildman–Crippen LogP) is 2.61. The number of benzene rings is 2. The van der Waals surface area contributed by atoms with E-state index in [0.717, 1.165) is 42.5 Å². The van der Waals surface area contributed by atoms with Crippen molar-refractivity contribution in [2.75, 3.05) is 13.1 Å². The molecule has 1 aliphatic heterocycles. The van der Waals surface area contributed by atoms with Crippen LogP contribution in [0, 0.1) is 0 Å². The summed E-state index contributed by atoms with van der Waals surface area (Å²) in [6, 6.07) is 14.7. The van der Waals surface area contributed by atoms with Crippen LogP contribution in [-0.4, -0.2) is 50.8 Å². The number of nitrogens with one attached hydrogen (secondary N) is 1. The topological polar surface area (TPSA) is 80.1 Å². The van der Waals surface area contributed by atoms with Gasteiger partial charge in [-0.05, 0) is 56.0 Å². The first-order chi connectivity index (χ1) is 14.1. The molecule has 2 aromatic carbocycles. The van der Waals surface area contributed by atoms with Gasteiger partial charge in [0.15, 0.2) is 0 Å². The molecule has 1 N–H and O–H groups in total. The Morgan fingerprint density at radius 1 is 1.03 bits per heavy atom. The maximum Gasteiger partial charge on any atom is 0.251 e. The molecule has 29 heavy (non-hydrogen) atoms. The van der Waals surface area contributed by atoms with E-state index in [-0.39, 0.29) is 11.8 Å².